The number of para-hydroxylation sites is 1. The van der Waals surface area contributed by atoms with E-state index in [0.717, 1.165) is 22.3 Å². The van der Waals surface area contributed by atoms with Crippen LogP contribution in [0.25, 0.3) is 16.7 Å². The molecule has 0 saturated heterocycles. The molecule has 0 spiro atoms. The number of hydrogen-bond acceptors (Lipinski definition) is 4. The lowest BCUT2D eigenvalue weighted by molar-refractivity contribution is 0.283. The Balaban J connectivity index is 2.28. The van der Waals surface area contributed by atoms with Gasteiger partial charge < -0.3 is 5.11 Å². The first-order valence-electron chi connectivity index (χ1n) is 6.09. The number of nitrogens with zero attached hydrogens (tertiary/aromatic N) is 4. The van der Waals surface area contributed by atoms with Crippen molar-refractivity contribution < 1.29 is 5.11 Å². The molecule has 0 saturated carbocycles. The highest BCUT2D eigenvalue weighted by Gasteiger charge is 2.10. The van der Waals surface area contributed by atoms with Gasteiger partial charge in [0.1, 0.15) is 11.6 Å². The average molecular weight is 254 g/mol. The van der Waals surface area contributed by atoms with E-state index in [1.165, 1.54) is 0 Å². The highest BCUT2D eigenvalue weighted by atomic mass is 16.3. The molecule has 0 radical (unpaired) electrons. The maximum Gasteiger partial charge on any atom is 0.156 e. The zero-order valence-electron chi connectivity index (χ0n) is 10.8. The van der Waals surface area contributed by atoms with E-state index in [0.29, 0.717) is 11.6 Å². The Bertz CT molecular complexity index is 748. The van der Waals surface area contributed by atoms with Gasteiger partial charge in [-0.3, -0.25) is 0 Å². The van der Waals surface area contributed by atoms with Crippen LogP contribution in [0.5, 0.6) is 0 Å². The molecule has 96 valence electrons. The molecule has 1 N–H and O–H groups in total. The number of pyridine rings is 1. The highest BCUT2D eigenvalue weighted by Crippen LogP contribution is 2.20. The molecule has 1 aromatic carbocycles. The maximum absolute atomic E-state index is 9.51. The zero-order valence-corrected chi connectivity index (χ0v) is 10.8. The molecular weight excluding hydrogens is 240 g/mol. The van der Waals surface area contributed by atoms with Gasteiger partial charge in [-0.15, -0.1) is 5.10 Å². The third-order valence-electron chi connectivity index (χ3n) is 3.05. The minimum Gasteiger partial charge on any atom is -0.392 e. The fourth-order valence-corrected chi connectivity index (χ4v) is 2.21. The molecule has 19 heavy (non-hydrogen) atoms. The van der Waals surface area contributed by atoms with E-state index in [1.807, 2.05) is 44.2 Å². The second-order valence-corrected chi connectivity index (χ2v) is 4.43. The lowest BCUT2D eigenvalue weighted by Gasteiger charge is -2.08. The number of aryl methyl sites for hydroxylation is 2. The van der Waals surface area contributed by atoms with Gasteiger partial charge in [-0.1, -0.05) is 18.2 Å². The van der Waals surface area contributed by atoms with E-state index in [9.17, 15) is 5.11 Å². The molecule has 0 bridgehead atoms. The molecular formula is C14H14N4O. The summed E-state index contributed by atoms with van der Waals surface area (Å²) < 4.78 is 1.70. The van der Waals surface area contributed by atoms with E-state index < -0.39 is 0 Å². The van der Waals surface area contributed by atoms with Gasteiger partial charge in [-0.2, -0.15) is 4.68 Å². The number of hydrogen-bond donors (Lipinski definition) is 1. The fourth-order valence-electron chi connectivity index (χ4n) is 2.21. The van der Waals surface area contributed by atoms with Gasteiger partial charge in [0, 0.05) is 5.39 Å². The van der Waals surface area contributed by atoms with Gasteiger partial charge >= 0.3 is 0 Å². The summed E-state index contributed by atoms with van der Waals surface area (Å²) in [5.41, 5.74) is 1.68. The van der Waals surface area contributed by atoms with E-state index in [1.54, 1.807) is 4.68 Å². The Labute approximate surface area is 110 Å². The number of benzene rings is 1. The van der Waals surface area contributed by atoms with Crippen LogP contribution in [-0.4, -0.2) is 24.9 Å². The number of aromatic nitrogens is 4. The molecule has 3 rings (SSSR count). The molecule has 0 aliphatic heterocycles. The third kappa shape index (κ3) is 1.98. The SMILES string of the molecule is Cc1nc(C)n(-c2cc(CO)c3ccccc3n2)n1. The van der Waals surface area contributed by atoms with Crippen molar-refractivity contribution in [2.45, 2.75) is 20.5 Å². The second kappa shape index (κ2) is 4.44. The van der Waals surface area contributed by atoms with Crippen LogP contribution in [0.2, 0.25) is 0 Å². The first kappa shape index (κ1) is 11.8. The largest absolute Gasteiger partial charge is 0.392 e. The molecule has 2 heterocycles. The minimum atomic E-state index is -0.0250. The summed E-state index contributed by atoms with van der Waals surface area (Å²) in [5.74, 6) is 2.17. The summed E-state index contributed by atoms with van der Waals surface area (Å²) >= 11 is 0. The molecule has 0 aliphatic carbocycles. The summed E-state index contributed by atoms with van der Waals surface area (Å²) in [7, 11) is 0. The van der Waals surface area contributed by atoms with Gasteiger partial charge in [0.2, 0.25) is 0 Å². The van der Waals surface area contributed by atoms with Crippen LogP contribution in [0, 0.1) is 13.8 Å². The van der Waals surface area contributed by atoms with Crippen molar-refractivity contribution >= 4 is 10.9 Å². The summed E-state index contributed by atoms with van der Waals surface area (Å²) in [5, 5.41) is 14.8. The van der Waals surface area contributed by atoms with Gasteiger partial charge in [0.05, 0.1) is 12.1 Å². The first-order valence-corrected chi connectivity index (χ1v) is 6.09. The Morgan fingerprint density at radius 1 is 1.16 bits per heavy atom. The zero-order chi connectivity index (χ0) is 13.4. The van der Waals surface area contributed by atoms with Crippen LogP contribution in [0.15, 0.2) is 30.3 Å². The van der Waals surface area contributed by atoms with Crippen LogP contribution in [0.4, 0.5) is 0 Å². The predicted molar refractivity (Wildman–Crippen MR) is 72.1 cm³/mol. The normalized spacial score (nSPS) is 11.1. The van der Waals surface area contributed by atoms with Crippen molar-refractivity contribution in [1.29, 1.82) is 0 Å². The van der Waals surface area contributed by atoms with E-state index in [4.69, 9.17) is 0 Å². The van der Waals surface area contributed by atoms with Crippen LogP contribution >= 0.6 is 0 Å². The number of fused-ring (bicyclic) bond motifs is 1. The Morgan fingerprint density at radius 3 is 2.63 bits per heavy atom. The van der Waals surface area contributed by atoms with Crippen molar-refractivity contribution in [2.24, 2.45) is 0 Å². The van der Waals surface area contributed by atoms with E-state index in [-0.39, 0.29) is 6.61 Å². The van der Waals surface area contributed by atoms with Crippen molar-refractivity contribution in [2.75, 3.05) is 0 Å². The highest BCUT2D eigenvalue weighted by molar-refractivity contribution is 5.83. The van der Waals surface area contributed by atoms with Crippen molar-refractivity contribution in [3.8, 4) is 5.82 Å². The number of aliphatic hydroxyl groups excluding tert-OH is 1. The van der Waals surface area contributed by atoms with E-state index in [2.05, 4.69) is 15.1 Å². The van der Waals surface area contributed by atoms with Crippen molar-refractivity contribution in [1.82, 2.24) is 19.7 Å². The molecule has 0 unspecified atom stereocenters. The third-order valence-corrected chi connectivity index (χ3v) is 3.05. The second-order valence-electron chi connectivity index (χ2n) is 4.43. The predicted octanol–water partition coefficient (Wildman–Crippen LogP) is 1.92. The van der Waals surface area contributed by atoms with Gasteiger partial charge in [-0.05, 0) is 31.5 Å². The van der Waals surface area contributed by atoms with Gasteiger partial charge in [-0.25, -0.2) is 9.97 Å². The van der Waals surface area contributed by atoms with Crippen LogP contribution in [-0.2, 0) is 6.61 Å². The lowest BCUT2D eigenvalue weighted by Crippen LogP contribution is -2.04. The Kier molecular flexibility index (Phi) is 2.76. The van der Waals surface area contributed by atoms with Gasteiger partial charge in [0.15, 0.2) is 5.82 Å². The molecule has 5 nitrogen and oxygen atoms in total. The van der Waals surface area contributed by atoms with Crippen LogP contribution in [0.1, 0.15) is 17.2 Å². The summed E-state index contributed by atoms with van der Waals surface area (Å²) in [4.78, 5) is 8.85. The lowest BCUT2D eigenvalue weighted by atomic mass is 10.1. The quantitative estimate of drug-likeness (QED) is 0.759. The molecule has 0 amide bonds. The summed E-state index contributed by atoms with van der Waals surface area (Å²) in [6.07, 6.45) is 0. The topological polar surface area (TPSA) is 63.8 Å². The summed E-state index contributed by atoms with van der Waals surface area (Å²) in [6.45, 7) is 3.70. The molecule has 0 fully saturated rings. The molecule has 0 atom stereocenters. The first-order chi connectivity index (χ1) is 9.19. The Hall–Kier alpha value is -2.27. The smallest absolute Gasteiger partial charge is 0.156 e. The summed E-state index contributed by atoms with van der Waals surface area (Å²) in [6, 6.07) is 9.60. The average Bonchev–Trinajstić information content (AvgIpc) is 2.76. The minimum absolute atomic E-state index is 0.0250. The van der Waals surface area contributed by atoms with Crippen LogP contribution in [0.3, 0.4) is 0 Å². The van der Waals surface area contributed by atoms with Crippen LogP contribution < -0.4 is 0 Å². The molecule has 0 aliphatic rings. The molecule has 5 heteroatoms. The number of rotatable bonds is 2. The fraction of sp³-hybridized carbons (Fsp3) is 0.214. The monoisotopic (exact) mass is 254 g/mol. The Morgan fingerprint density at radius 2 is 1.95 bits per heavy atom. The molecule has 3 aromatic rings. The maximum atomic E-state index is 9.51. The molecule has 2 aromatic heterocycles. The standard InChI is InChI=1S/C14H14N4O/c1-9-15-10(2)18(17-9)14-7-11(8-19)12-5-3-4-6-13(12)16-14/h3-7,19H,8H2,1-2H3. The van der Waals surface area contributed by atoms with Crippen molar-refractivity contribution in [3.05, 3.63) is 47.5 Å². The van der Waals surface area contributed by atoms with Gasteiger partial charge in [0.25, 0.3) is 0 Å². The van der Waals surface area contributed by atoms with Crippen molar-refractivity contribution in [3.63, 3.8) is 0 Å². The van der Waals surface area contributed by atoms with E-state index >= 15 is 0 Å². The number of aliphatic hydroxyl groups is 1.